The highest BCUT2D eigenvalue weighted by atomic mass is 32.2. The minimum atomic E-state index is -4.09. The normalized spacial score (nSPS) is 13.0. The van der Waals surface area contributed by atoms with Gasteiger partial charge in [0.15, 0.2) is 0 Å². The number of sulfonamides is 1. The molecule has 0 bridgehead atoms. The molecule has 30 heavy (non-hydrogen) atoms. The third-order valence-corrected chi connectivity index (χ3v) is 6.24. The van der Waals surface area contributed by atoms with Crippen molar-refractivity contribution in [1.29, 1.82) is 0 Å². The van der Waals surface area contributed by atoms with Crippen molar-refractivity contribution in [2.75, 3.05) is 11.9 Å². The molecule has 0 aliphatic rings. The maximum absolute atomic E-state index is 13.5. The van der Waals surface area contributed by atoms with Gasteiger partial charge in [0, 0.05) is 18.3 Å². The summed E-state index contributed by atoms with van der Waals surface area (Å²) >= 11 is 0. The largest absolute Gasteiger partial charge is 0.336 e. The van der Waals surface area contributed by atoms with Gasteiger partial charge in [0.2, 0.25) is 10.0 Å². The van der Waals surface area contributed by atoms with Gasteiger partial charge in [-0.25, -0.2) is 18.7 Å². The summed E-state index contributed by atoms with van der Waals surface area (Å²) in [4.78, 5) is 24.2. The first-order valence-corrected chi connectivity index (χ1v) is 11.5. The topological polar surface area (TPSA) is 128 Å². The Kier molecular flexibility index (Phi) is 9.73. The van der Waals surface area contributed by atoms with Crippen molar-refractivity contribution >= 4 is 27.6 Å². The first kappa shape index (κ1) is 25.9. The molecule has 4 N–H and O–H groups in total. The van der Waals surface area contributed by atoms with E-state index in [1.54, 1.807) is 25.4 Å². The second-order valence-corrected chi connectivity index (χ2v) is 10.1. The summed E-state index contributed by atoms with van der Waals surface area (Å²) < 4.78 is 28.0. The highest BCUT2D eigenvalue weighted by Gasteiger charge is 2.37. The molecule has 1 atom stereocenters. The third kappa shape index (κ3) is 7.26. The van der Waals surface area contributed by atoms with Crippen molar-refractivity contribution in [3.8, 4) is 0 Å². The number of benzene rings is 1. The second-order valence-electron chi connectivity index (χ2n) is 8.24. The van der Waals surface area contributed by atoms with E-state index in [0.29, 0.717) is 12.1 Å². The van der Waals surface area contributed by atoms with E-state index >= 15 is 0 Å². The van der Waals surface area contributed by atoms with Crippen molar-refractivity contribution < 1.29 is 23.2 Å². The molecule has 9 nitrogen and oxygen atoms in total. The van der Waals surface area contributed by atoms with Gasteiger partial charge >= 0.3 is 6.03 Å². The van der Waals surface area contributed by atoms with Gasteiger partial charge < -0.3 is 10.6 Å². The average Bonchev–Trinajstić information content (AvgIpc) is 2.63. The molecule has 0 aromatic heterocycles. The number of hydrogen-bond acceptors (Lipinski definition) is 5. The van der Waals surface area contributed by atoms with Crippen molar-refractivity contribution in [2.45, 2.75) is 64.9 Å². The molecular weight excluding hydrogens is 408 g/mol. The Bertz CT molecular complexity index is 824. The second kappa shape index (κ2) is 11.3. The van der Waals surface area contributed by atoms with E-state index in [-0.39, 0.29) is 29.3 Å². The summed E-state index contributed by atoms with van der Waals surface area (Å²) in [6.07, 6.45) is 0.538. The summed E-state index contributed by atoms with van der Waals surface area (Å²) in [7, 11) is -4.09. The molecule has 1 rings (SSSR count). The Labute approximate surface area is 179 Å². The maximum atomic E-state index is 13.5. The van der Waals surface area contributed by atoms with Gasteiger partial charge in [-0.2, -0.15) is 4.31 Å². The predicted octanol–water partition coefficient (Wildman–Crippen LogP) is 2.78. The van der Waals surface area contributed by atoms with Crippen LogP contribution in [0.4, 0.5) is 10.5 Å². The van der Waals surface area contributed by atoms with Crippen LogP contribution in [-0.2, 0) is 14.8 Å². The first-order chi connectivity index (χ1) is 13.9. The van der Waals surface area contributed by atoms with Crippen LogP contribution in [0, 0.1) is 11.8 Å². The van der Waals surface area contributed by atoms with Gasteiger partial charge in [-0.05, 0) is 50.3 Å². The molecule has 170 valence electrons. The van der Waals surface area contributed by atoms with E-state index in [0.717, 1.165) is 4.31 Å². The molecule has 0 saturated heterocycles. The van der Waals surface area contributed by atoms with Crippen LogP contribution in [0.2, 0.25) is 0 Å². The fourth-order valence-corrected chi connectivity index (χ4v) is 4.71. The van der Waals surface area contributed by atoms with E-state index in [2.05, 4.69) is 10.6 Å². The van der Waals surface area contributed by atoms with Gasteiger partial charge in [0.1, 0.15) is 6.04 Å². The van der Waals surface area contributed by atoms with Crippen LogP contribution >= 0.6 is 0 Å². The number of nitrogens with zero attached hydrogens (tertiary/aromatic N) is 1. The fourth-order valence-electron chi connectivity index (χ4n) is 2.93. The molecule has 0 fully saturated rings. The number of carbonyl (C=O) groups excluding carboxylic acids is 2. The van der Waals surface area contributed by atoms with E-state index in [1.165, 1.54) is 18.2 Å². The van der Waals surface area contributed by atoms with Gasteiger partial charge in [0.05, 0.1) is 4.90 Å². The molecule has 0 radical (unpaired) electrons. The summed E-state index contributed by atoms with van der Waals surface area (Å²) in [6.45, 7) is 11.1. The fraction of sp³-hybridized carbons (Fsp3) is 0.600. The van der Waals surface area contributed by atoms with Crippen LogP contribution in [0.5, 0.6) is 0 Å². The Morgan fingerprint density at radius 1 is 1.10 bits per heavy atom. The Morgan fingerprint density at radius 2 is 1.73 bits per heavy atom. The number of urea groups is 1. The number of carbonyl (C=O) groups is 2. The molecular formula is C20H34N4O5S. The average molecular weight is 443 g/mol. The van der Waals surface area contributed by atoms with Crippen molar-refractivity contribution in [1.82, 2.24) is 15.1 Å². The van der Waals surface area contributed by atoms with Gasteiger partial charge in [0.25, 0.3) is 5.91 Å². The van der Waals surface area contributed by atoms with Crippen molar-refractivity contribution in [3.63, 3.8) is 0 Å². The predicted molar refractivity (Wildman–Crippen MR) is 116 cm³/mol. The monoisotopic (exact) mass is 442 g/mol. The summed E-state index contributed by atoms with van der Waals surface area (Å²) in [5.41, 5.74) is 1.89. The molecule has 0 spiro atoms. The minimum absolute atomic E-state index is 0.0509. The highest BCUT2D eigenvalue weighted by Crippen LogP contribution is 2.25. The van der Waals surface area contributed by atoms with E-state index in [9.17, 15) is 18.0 Å². The third-order valence-electron chi connectivity index (χ3n) is 4.37. The quantitative estimate of drug-likeness (QED) is 0.327. The number of nitrogens with one attached hydrogen (secondary N) is 3. The van der Waals surface area contributed by atoms with Crippen LogP contribution in [0.3, 0.4) is 0 Å². The van der Waals surface area contributed by atoms with E-state index < -0.39 is 28.0 Å². The molecule has 0 aliphatic heterocycles. The molecule has 1 aromatic rings. The van der Waals surface area contributed by atoms with Gasteiger partial charge in [-0.3, -0.25) is 10.0 Å². The smallest absolute Gasteiger partial charge is 0.319 e. The van der Waals surface area contributed by atoms with Crippen LogP contribution in [0.15, 0.2) is 29.2 Å². The molecule has 3 amide bonds. The molecule has 0 unspecified atom stereocenters. The lowest BCUT2D eigenvalue weighted by Gasteiger charge is -2.32. The summed E-state index contributed by atoms with van der Waals surface area (Å²) in [5, 5.41) is 14.4. The number of amides is 3. The molecule has 1 aromatic carbocycles. The van der Waals surface area contributed by atoms with Crippen LogP contribution < -0.4 is 16.1 Å². The zero-order valence-corrected chi connectivity index (χ0v) is 19.3. The molecule has 0 saturated carbocycles. The van der Waals surface area contributed by atoms with Gasteiger partial charge in [-0.15, -0.1) is 0 Å². The Morgan fingerprint density at radius 3 is 2.23 bits per heavy atom. The Hall–Kier alpha value is -2.17. The Balaban J connectivity index is 3.33. The standard InChI is InChI=1S/C20H34N4O5S/c1-13(2)10-11-24(18(14(3)4)19(25)23-27)30(28,29)17-9-7-8-16(12-17)22-20(26)21-15(5)6/h7-9,12-15,18,27H,10-11H2,1-6H3,(H,23,25)(H2,21,22,26)/t18-/m1/s1. The summed E-state index contributed by atoms with van der Waals surface area (Å²) in [5.74, 6) is -0.958. The lowest BCUT2D eigenvalue weighted by molar-refractivity contribution is -0.134. The summed E-state index contributed by atoms with van der Waals surface area (Å²) in [6, 6.07) is 4.26. The molecule has 10 heteroatoms. The molecule has 0 heterocycles. The van der Waals surface area contributed by atoms with Crippen LogP contribution in [-0.4, -0.2) is 48.5 Å². The van der Waals surface area contributed by atoms with E-state index in [1.807, 2.05) is 27.7 Å². The first-order valence-electron chi connectivity index (χ1n) is 10.0. The number of rotatable bonds is 10. The highest BCUT2D eigenvalue weighted by molar-refractivity contribution is 7.89. The minimum Gasteiger partial charge on any atom is -0.336 e. The van der Waals surface area contributed by atoms with E-state index in [4.69, 9.17) is 5.21 Å². The zero-order chi connectivity index (χ0) is 23.1. The van der Waals surface area contributed by atoms with Crippen LogP contribution in [0.1, 0.15) is 48.0 Å². The van der Waals surface area contributed by atoms with Gasteiger partial charge in [-0.1, -0.05) is 33.8 Å². The number of hydroxylamine groups is 1. The van der Waals surface area contributed by atoms with Crippen LogP contribution in [0.25, 0.3) is 0 Å². The number of anilines is 1. The number of hydrogen-bond donors (Lipinski definition) is 4. The SMILES string of the molecule is CC(C)CCN([C@@H](C(=O)NO)C(C)C)S(=O)(=O)c1cccc(NC(=O)NC(C)C)c1. The van der Waals surface area contributed by atoms with Crippen molar-refractivity contribution in [2.24, 2.45) is 11.8 Å². The molecule has 0 aliphatic carbocycles. The lowest BCUT2D eigenvalue weighted by Crippen LogP contribution is -2.52. The maximum Gasteiger partial charge on any atom is 0.319 e. The zero-order valence-electron chi connectivity index (χ0n) is 18.5. The lowest BCUT2D eigenvalue weighted by atomic mass is 10.0. The van der Waals surface area contributed by atoms with Crippen molar-refractivity contribution in [3.05, 3.63) is 24.3 Å².